The molecule has 3 heterocycles. The number of aromatic nitrogens is 3. The minimum atomic E-state index is -0.382. The Hall–Kier alpha value is -3.16. The van der Waals surface area contributed by atoms with Gasteiger partial charge in [0.25, 0.3) is 5.91 Å². The molecule has 0 spiro atoms. The van der Waals surface area contributed by atoms with Crippen LogP contribution in [0, 0.1) is 19.7 Å². The molecule has 8 heteroatoms. The van der Waals surface area contributed by atoms with Crippen LogP contribution < -0.4 is 4.74 Å². The van der Waals surface area contributed by atoms with E-state index in [1.54, 1.807) is 17.0 Å². The zero-order valence-electron chi connectivity index (χ0n) is 15.8. The van der Waals surface area contributed by atoms with E-state index in [2.05, 4.69) is 10.1 Å². The Bertz CT molecular complexity index is 997. The molecule has 3 aromatic rings. The Morgan fingerprint density at radius 3 is 2.96 bits per heavy atom. The molecule has 1 fully saturated rings. The fourth-order valence-corrected chi connectivity index (χ4v) is 3.48. The Balaban J connectivity index is 1.37. The number of nitrogens with zero attached hydrogens (tertiary/aromatic N) is 4. The molecule has 146 valence electrons. The Morgan fingerprint density at radius 1 is 1.36 bits per heavy atom. The van der Waals surface area contributed by atoms with E-state index >= 15 is 0 Å². The van der Waals surface area contributed by atoms with E-state index in [9.17, 15) is 9.18 Å². The maximum atomic E-state index is 13.2. The number of carbonyl (C=O) groups excluding carboxylic acids is 1. The summed E-state index contributed by atoms with van der Waals surface area (Å²) in [7, 11) is 0. The molecule has 4 rings (SSSR count). The largest absolute Gasteiger partial charge is 0.484 e. The number of halogens is 1. The van der Waals surface area contributed by atoms with E-state index in [1.165, 1.54) is 18.4 Å². The minimum Gasteiger partial charge on any atom is -0.484 e. The summed E-state index contributed by atoms with van der Waals surface area (Å²) in [6, 6.07) is 8.01. The number of rotatable bonds is 5. The van der Waals surface area contributed by atoms with Crippen molar-refractivity contribution in [1.82, 2.24) is 19.7 Å². The first-order valence-electron chi connectivity index (χ1n) is 9.14. The molecule has 1 aliphatic rings. The lowest BCUT2D eigenvalue weighted by atomic mass is 10.2. The van der Waals surface area contributed by atoms with Crippen LogP contribution in [0.15, 0.2) is 41.0 Å². The van der Waals surface area contributed by atoms with Gasteiger partial charge in [0, 0.05) is 24.8 Å². The highest BCUT2D eigenvalue weighted by atomic mass is 19.1. The van der Waals surface area contributed by atoms with Crippen molar-refractivity contribution in [3.8, 4) is 5.75 Å². The summed E-state index contributed by atoms with van der Waals surface area (Å²) in [4.78, 5) is 18.7. The van der Waals surface area contributed by atoms with Crippen LogP contribution in [0.5, 0.6) is 5.75 Å². The normalized spacial score (nSPS) is 16.5. The number of likely N-dealkylation sites (tertiary alicyclic amines) is 1. The molecule has 1 amide bonds. The Morgan fingerprint density at radius 2 is 2.21 bits per heavy atom. The molecular weight excluding hydrogens is 363 g/mol. The van der Waals surface area contributed by atoms with Crippen LogP contribution in [0.3, 0.4) is 0 Å². The van der Waals surface area contributed by atoms with Gasteiger partial charge in [-0.15, -0.1) is 0 Å². The van der Waals surface area contributed by atoms with E-state index in [4.69, 9.17) is 9.15 Å². The van der Waals surface area contributed by atoms with Crippen molar-refractivity contribution in [3.63, 3.8) is 0 Å². The van der Waals surface area contributed by atoms with Gasteiger partial charge >= 0.3 is 0 Å². The molecule has 28 heavy (non-hydrogen) atoms. The number of hydrogen-bond donors (Lipinski definition) is 0. The van der Waals surface area contributed by atoms with E-state index in [-0.39, 0.29) is 36.0 Å². The van der Waals surface area contributed by atoms with Crippen molar-refractivity contribution >= 4 is 5.91 Å². The maximum Gasteiger partial charge on any atom is 0.275 e. The van der Waals surface area contributed by atoms with Gasteiger partial charge in [-0.3, -0.25) is 9.48 Å². The van der Waals surface area contributed by atoms with Crippen molar-refractivity contribution in [2.75, 3.05) is 13.1 Å². The number of ether oxygens (including phenoxy) is 1. The van der Waals surface area contributed by atoms with Gasteiger partial charge < -0.3 is 14.1 Å². The van der Waals surface area contributed by atoms with Crippen LogP contribution in [-0.2, 0) is 6.61 Å². The van der Waals surface area contributed by atoms with Gasteiger partial charge in [0.1, 0.15) is 17.8 Å². The zero-order valence-corrected chi connectivity index (χ0v) is 15.8. The van der Waals surface area contributed by atoms with Crippen molar-refractivity contribution in [2.45, 2.75) is 32.9 Å². The average molecular weight is 384 g/mol. The zero-order chi connectivity index (χ0) is 19.7. The first-order chi connectivity index (χ1) is 13.5. The molecule has 7 nitrogen and oxygen atoms in total. The van der Waals surface area contributed by atoms with Crippen LogP contribution in [0.4, 0.5) is 4.39 Å². The van der Waals surface area contributed by atoms with Gasteiger partial charge in [-0.05, 0) is 38.5 Å². The highest BCUT2D eigenvalue weighted by Gasteiger charge is 2.30. The second-order valence-electron chi connectivity index (χ2n) is 6.94. The first-order valence-corrected chi connectivity index (χ1v) is 9.14. The molecule has 1 saturated heterocycles. The van der Waals surface area contributed by atoms with Crippen molar-refractivity contribution in [1.29, 1.82) is 0 Å². The molecular formula is C20H21FN4O3. The molecule has 0 radical (unpaired) electrons. The number of carbonyl (C=O) groups is 1. The summed E-state index contributed by atoms with van der Waals surface area (Å²) >= 11 is 0. The third-order valence-corrected chi connectivity index (χ3v) is 4.77. The van der Waals surface area contributed by atoms with E-state index in [0.29, 0.717) is 18.8 Å². The summed E-state index contributed by atoms with van der Waals surface area (Å²) in [6.07, 6.45) is 2.18. The summed E-state index contributed by atoms with van der Waals surface area (Å²) < 4.78 is 26.0. The van der Waals surface area contributed by atoms with Crippen LogP contribution in [0.1, 0.15) is 40.2 Å². The van der Waals surface area contributed by atoms with Gasteiger partial charge in [0.15, 0.2) is 12.3 Å². The van der Waals surface area contributed by atoms with Crippen molar-refractivity contribution in [3.05, 3.63) is 65.4 Å². The quantitative estimate of drug-likeness (QED) is 0.675. The van der Waals surface area contributed by atoms with Crippen molar-refractivity contribution in [2.24, 2.45) is 0 Å². The maximum absolute atomic E-state index is 13.2. The SMILES string of the molecule is Cc1cc(C)n([C@@H]2CCN(C(=O)c3coc(COc4cccc(F)c4)n3)C2)n1. The van der Waals surface area contributed by atoms with Gasteiger partial charge in [0.2, 0.25) is 5.89 Å². The van der Waals surface area contributed by atoms with Crippen LogP contribution in [0.25, 0.3) is 0 Å². The molecule has 0 bridgehead atoms. The number of amides is 1. The topological polar surface area (TPSA) is 73.4 Å². The highest BCUT2D eigenvalue weighted by Crippen LogP contribution is 2.24. The molecule has 0 N–H and O–H groups in total. The molecule has 1 aliphatic heterocycles. The van der Waals surface area contributed by atoms with Gasteiger partial charge in [-0.1, -0.05) is 6.07 Å². The fourth-order valence-electron chi connectivity index (χ4n) is 3.48. The molecule has 0 saturated carbocycles. The number of benzene rings is 1. The predicted octanol–water partition coefficient (Wildman–Crippen LogP) is 3.29. The van der Waals surface area contributed by atoms with E-state index < -0.39 is 0 Å². The second kappa shape index (κ2) is 7.46. The molecule has 2 aromatic heterocycles. The highest BCUT2D eigenvalue weighted by molar-refractivity contribution is 5.92. The fraction of sp³-hybridized carbons (Fsp3) is 0.350. The summed E-state index contributed by atoms with van der Waals surface area (Å²) in [6.45, 7) is 5.23. The lowest BCUT2D eigenvalue weighted by Gasteiger charge is -2.16. The Kier molecular flexibility index (Phi) is 4.85. The smallest absolute Gasteiger partial charge is 0.275 e. The lowest BCUT2D eigenvalue weighted by Crippen LogP contribution is -2.29. The third kappa shape index (κ3) is 3.76. The number of oxazole rings is 1. The van der Waals surface area contributed by atoms with E-state index in [1.807, 2.05) is 24.6 Å². The molecule has 1 atom stereocenters. The standard InChI is InChI=1S/C20H21FN4O3/c1-13-8-14(2)25(23-13)16-6-7-24(10-16)20(26)18-11-28-19(22-18)12-27-17-5-3-4-15(21)9-17/h3-5,8-9,11,16H,6-7,10,12H2,1-2H3/t16-/m1/s1. The van der Waals surface area contributed by atoms with Crippen LogP contribution >= 0.6 is 0 Å². The molecule has 1 aromatic carbocycles. The molecule has 0 aliphatic carbocycles. The summed E-state index contributed by atoms with van der Waals surface area (Å²) in [5.74, 6) is 0.0806. The van der Waals surface area contributed by atoms with Gasteiger partial charge in [-0.2, -0.15) is 5.10 Å². The monoisotopic (exact) mass is 384 g/mol. The van der Waals surface area contributed by atoms with Gasteiger partial charge in [-0.25, -0.2) is 9.37 Å². The minimum absolute atomic E-state index is 0.0190. The number of hydrogen-bond acceptors (Lipinski definition) is 5. The van der Waals surface area contributed by atoms with Crippen molar-refractivity contribution < 1.29 is 18.3 Å². The van der Waals surface area contributed by atoms with Crippen LogP contribution in [0.2, 0.25) is 0 Å². The summed E-state index contributed by atoms with van der Waals surface area (Å²) in [5, 5.41) is 4.52. The average Bonchev–Trinajstić information content (AvgIpc) is 3.39. The Labute approximate surface area is 161 Å². The second-order valence-corrected chi connectivity index (χ2v) is 6.94. The third-order valence-electron chi connectivity index (χ3n) is 4.77. The molecule has 0 unspecified atom stereocenters. The van der Waals surface area contributed by atoms with E-state index in [0.717, 1.165) is 17.8 Å². The first kappa shape index (κ1) is 18.2. The predicted molar refractivity (Wildman–Crippen MR) is 98.5 cm³/mol. The summed E-state index contributed by atoms with van der Waals surface area (Å²) in [5.41, 5.74) is 2.31. The number of aryl methyl sites for hydroxylation is 2. The lowest BCUT2D eigenvalue weighted by molar-refractivity contribution is 0.0781. The van der Waals surface area contributed by atoms with Gasteiger partial charge in [0.05, 0.1) is 11.7 Å². The van der Waals surface area contributed by atoms with Crippen LogP contribution in [-0.4, -0.2) is 38.7 Å².